The lowest BCUT2D eigenvalue weighted by Crippen LogP contribution is -2.07. The summed E-state index contributed by atoms with van der Waals surface area (Å²) in [7, 11) is 0. The molecule has 5 nitrogen and oxygen atoms in total. The lowest BCUT2D eigenvalue weighted by Gasteiger charge is -2.10. The largest absolute Gasteiger partial charge is 0.451 e. The number of rotatable bonds is 4. The third kappa shape index (κ3) is 3.90. The Bertz CT molecular complexity index is 390. The van der Waals surface area contributed by atoms with E-state index >= 15 is 0 Å². The molecule has 1 atom stereocenters. The maximum absolute atomic E-state index is 10.7. The third-order valence-corrected chi connectivity index (χ3v) is 2.65. The summed E-state index contributed by atoms with van der Waals surface area (Å²) in [6.45, 7) is 3.08. The number of hydrogen-bond donors (Lipinski definition) is 0. The topological polar surface area (TPSA) is 69.4 Å². The van der Waals surface area contributed by atoms with Crippen molar-refractivity contribution in [2.75, 3.05) is 0 Å². The normalized spacial score (nSPS) is 11.9. The van der Waals surface area contributed by atoms with Gasteiger partial charge in [0.15, 0.2) is 0 Å². The number of nitro groups is 1. The number of non-ortho nitro benzene ring substituents is 1. The molecule has 0 saturated heterocycles. The minimum Gasteiger partial charge on any atom is -0.451 e. The van der Waals surface area contributed by atoms with Gasteiger partial charge in [0, 0.05) is 24.0 Å². The highest BCUT2D eigenvalue weighted by atomic mass is 32.2. The predicted octanol–water partition coefficient (Wildman–Crippen LogP) is 2.60. The van der Waals surface area contributed by atoms with E-state index in [2.05, 4.69) is 0 Å². The van der Waals surface area contributed by atoms with Gasteiger partial charge < -0.3 is 4.74 Å². The summed E-state index contributed by atoms with van der Waals surface area (Å²) < 4.78 is 4.92. The van der Waals surface area contributed by atoms with E-state index in [1.807, 2.05) is 0 Å². The number of nitro benzene ring substituents is 1. The Hall–Kier alpha value is -1.56. The molecule has 0 N–H and O–H groups in total. The van der Waals surface area contributed by atoms with Gasteiger partial charge in [0.05, 0.1) is 4.92 Å². The highest BCUT2D eigenvalue weighted by Crippen LogP contribution is 2.25. The highest BCUT2D eigenvalue weighted by molar-refractivity contribution is 7.99. The van der Waals surface area contributed by atoms with E-state index in [1.54, 1.807) is 19.1 Å². The molecule has 0 bridgehead atoms. The van der Waals surface area contributed by atoms with Gasteiger partial charge in [-0.3, -0.25) is 14.9 Å². The molecule has 0 aliphatic rings. The third-order valence-electron chi connectivity index (χ3n) is 1.68. The van der Waals surface area contributed by atoms with E-state index in [-0.39, 0.29) is 17.1 Å². The Kier molecular flexibility index (Phi) is 4.30. The SMILES string of the molecule is CC(=O)OC(C)Sc1ccc([N+](=O)[O-])cc1. The quantitative estimate of drug-likeness (QED) is 0.266. The maximum Gasteiger partial charge on any atom is 0.303 e. The van der Waals surface area contributed by atoms with Crippen LogP contribution in [0.15, 0.2) is 29.2 Å². The highest BCUT2D eigenvalue weighted by Gasteiger charge is 2.09. The monoisotopic (exact) mass is 241 g/mol. The van der Waals surface area contributed by atoms with Crippen LogP contribution in [0.25, 0.3) is 0 Å². The number of carbonyl (C=O) groups is 1. The first-order chi connectivity index (χ1) is 7.49. The van der Waals surface area contributed by atoms with Crippen molar-refractivity contribution in [3.8, 4) is 0 Å². The molecule has 0 aliphatic heterocycles. The van der Waals surface area contributed by atoms with E-state index in [0.29, 0.717) is 0 Å². The molecule has 6 heteroatoms. The van der Waals surface area contributed by atoms with Crippen molar-refractivity contribution in [1.29, 1.82) is 0 Å². The van der Waals surface area contributed by atoms with Crippen molar-refractivity contribution >= 4 is 23.4 Å². The summed E-state index contributed by atoms with van der Waals surface area (Å²) in [4.78, 5) is 21.4. The van der Waals surface area contributed by atoms with Crippen molar-refractivity contribution < 1.29 is 14.5 Å². The van der Waals surface area contributed by atoms with Crippen LogP contribution in [0.2, 0.25) is 0 Å². The molecule has 1 aromatic carbocycles. The Balaban J connectivity index is 2.61. The van der Waals surface area contributed by atoms with E-state index < -0.39 is 4.92 Å². The smallest absolute Gasteiger partial charge is 0.303 e. The molecule has 16 heavy (non-hydrogen) atoms. The van der Waals surface area contributed by atoms with Crippen molar-refractivity contribution in [3.63, 3.8) is 0 Å². The van der Waals surface area contributed by atoms with E-state index in [1.165, 1.54) is 30.8 Å². The summed E-state index contributed by atoms with van der Waals surface area (Å²) >= 11 is 1.33. The molecule has 1 rings (SSSR count). The van der Waals surface area contributed by atoms with Gasteiger partial charge in [-0.1, -0.05) is 11.8 Å². The first-order valence-corrected chi connectivity index (χ1v) is 5.45. The molecule has 0 aliphatic carbocycles. The first kappa shape index (κ1) is 12.5. The molecule has 0 saturated carbocycles. The lowest BCUT2D eigenvalue weighted by atomic mass is 10.3. The van der Waals surface area contributed by atoms with Gasteiger partial charge in [0.25, 0.3) is 5.69 Å². The van der Waals surface area contributed by atoms with Crippen LogP contribution in [-0.4, -0.2) is 16.3 Å². The van der Waals surface area contributed by atoms with Crippen LogP contribution < -0.4 is 0 Å². The van der Waals surface area contributed by atoms with E-state index in [4.69, 9.17) is 4.74 Å². The standard InChI is InChI=1S/C10H11NO4S/c1-7(12)15-8(2)16-10-5-3-9(4-6-10)11(13)14/h3-6,8H,1-2H3. The van der Waals surface area contributed by atoms with Gasteiger partial charge in [0.1, 0.15) is 5.44 Å². The summed E-state index contributed by atoms with van der Waals surface area (Å²) in [5.41, 5.74) is -0.261. The van der Waals surface area contributed by atoms with E-state index in [9.17, 15) is 14.9 Å². The molecule has 1 unspecified atom stereocenters. The second kappa shape index (κ2) is 5.50. The van der Waals surface area contributed by atoms with Crippen LogP contribution >= 0.6 is 11.8 Å². The fourth-order valence-corrected chi connectivity index (χ4v) is 1.96. The van der Waals surface area contributed by atoms with Crippen LogP contribution in [0.5, 0.6) is 0 Å². The molecule has 86 valence electrons. The zero-order valence-electron chi connectivity index (χ0n) is 8.88. The van der Waals surface area contributed by atoms with Gasteiger partial charge >= 0.3 is 5.97 Å². The summed E-state index contributed by atoms with van der Waals surface area (Å²) in [5, 5.41) is 10.4. The number of benzene rings is 1. The Labute approximate surface area is 96.9 Å². The van der Waals surface area contributed by atoms with Gasteiger partial charge in [-0.05, 0) is 19.1 Å². The molecule has 0 spiro atoms. The van der Waals surface area contributed by atoms with Crippen LogP contribution in [0, 0.1) is 10.1 Å². The van der Waals surface area contributed by atoms with Crippen molar-refractivity contribution in [2.45, 2.75) is 24.2 Å². The van der Waals surface area contributed by atoms with Crippen molar-refractivity contribution in [3.05, 3.63) is 34.4 Å². The number of thioether (sulfide) groups is 1. The van der Waals surface area contributed by atoms with Crippen LogP contribution in [0.1, 0.15) is 13.8 Å². The predicted molar refractivity (Wildman–Crippen MR) is 60.2 cm³/mol. The van der Waals surface area contributed by atoms with E-state index in [0.717, 1.165) is 4.90 Å². The fourth-order valence-electron chi connectivity index (χ4n) is 1.10. The van der Waals surface area contributed by atoms with Gasteiger partial charge in [-0.15, -0.1) is 0 Å². The summed E-state index contributed by atoms with van der Waals surface area (Å²) in [5.74, 6) is -0.345. The average Bonchev–Trinajstić information content (AvgIpc) is 2.16. The molecular weight excluding hydrogens is 230 g/mol. The van der Waals surface area contributed by atoms with Crippen LogP contribution in [0.3, 0.4) is 0 Å². The molecular formula is C10H11NO4S. The van der Waals surface area contributed by atoms with Crippen molar-refractivity contribution in [1.82, 2.24) is 0 Å². The van der Waals surface area contributed by atoms with Gasteiger partial charge in [-0.25, -0.2) is 0 Å². The second-order valence-corrected chi connectivity index (χ2v) is 4.42. The maximum atomic E-state index is 10.7. The summed E-state index contributed by atoms with van der Waals surface area (Å²) in [6, 6.07) is 6.09. The van der Waals surface area contributed by atoms with Crippen LogP contribution in [0.4, 0.5) is 5.69 Å². The Morgan fingerprint density at radius 3 is 2.44 bits per heavy atom. The van der Waals surface area contributed by atoms with Gasteiger partial charge in [0.2, 0.25) is 0 Å². The van der Waals surface area contributed by atoms with Crippen LogP contribution in [-0.2, 0) is 9.53 Å². The molecule has 0 aromatic heterocycles. The number of ether oxygens (including phenoxy) is 1. The Morgan fingerprint density at radius 2 is 2.00 bits per heavy atom. The van der Waals surface area contributed by atoms with Gasteiger partial charge in [-0.2, -0.15) is 0 Å². The fraction of sp³-hybridized carbons (Fsp3) is 0.300. The molecule has 0 fully saturated rings. The number of nitrogens with zero attached hydrogens (tertiary/aromatic N) is 1. The number of hydrogen-bond acceptors (Lipinski definition) is 5. The lowest BCUT2D eigenvalue weighted by molar-refractivity contribution is -0.384. The second-order valence-electron chi connectivity index (χ2n) is 3.05. The number of carbonyl (C=O) groups excluding carboxylic acids is 1. The zero-order chi connectivity index (χ0) is 12.1. The number of esters is 1. The minimum atomic E-state index is -0.454. The summed E-state index contributed by atoms with van der Waals surface area (Å²) in [6.07, 6.45) is 0. The Morgan fingerprint density at radius 1 is 1.44 bits per heavy atom. The molecule has 0 radical (unpaired) electrons. The molecule has 0 heterocycles. The molecule has 1 aromatic rings. The first-order valence-electron chi connectivity index (χ1n) is 4.57. The average molecular weight is 241 g/mol. The van der Waals surface area contributed by atoms with Crippen molar-refractivity contribution in [2.24, 2.45) is 0 Å². The molecule has 0 amide bonds. The minimum absolute atomic E-state index is 0.0458. The zero-order valence-corrected chi connectivity index (χ0v) is 9.69.